The van der Waals surface area contributed by atoms with Gasteiger partial charge in [0.05, 0.1) is 9.26 Å². The Morgan fingerprint density at radius 3 is 2.54 bits per heavy atom. The van der Waals surface area contributed by atoms with Gasteiger partial charge in [-0.15, -0.1) is 0 Å². The number of nitrogens with two attached hydrogens (primary N) is 1. The molecule has 13 heavy (non-hydrogen) atoms. The van der Waals surface area contributed by atoms with Crippen LogP contribution in [0.3, 0.4) is 0 Å². The van der Waals surface area contributed by atoms with Crippen molar-refractivity contribution in [2.75, 3.05) is 5.73 Å². The quantitative estimate of drug-likeness (QED) is 0.850. The smallest absolute Gasteiger partial charge is 0.140 e. The first kappa shape index (κ1) is 10.7. The Labute approximate surface area is 92.3 Å². The lowest BCUT2D eigenvalue weighted by molar-refractivity contribution is 0.630. The number of anilines is 1. The number of aryl methyl sites for hydroxylation is 1. The molecule has 0 spiro atoms. The minimum Gasteiger partial charge on any atom is -0.383 e. The Bertz CT molecular complexity index is 310. The monoisotopic (exact) mass is 291 g/mol. The third kappa shape index (κ3) is 2.79. The summed E-state index contributed by atoms with van der Waals surface area (Å²) < 4.78 is 0.997. The van der Waals surface area contributed by atoms with Crippen LogP contribution in [0.25, 0.3) is 0 Å². The molecule has 0 saturated heterocycles. The van der Waals surface area contributed by atoms with Crippen LogP contribution in [0.4, 0.5) is 5.82 Å². The Kier molecular flexibility index (Phi) is 3.47. The zero-order valence-electron chi connectivity index (χ0n) is 8.13. The molecular formula is C9H14IN3. The van der Waals surface area contributed by atoms with Crippen LogP contribution in [0, 0.1) is 16.4 Å². The first-order valence-corrected chi connectivity index (χ1v) is 5.37. The molecule has 0 unspecified atom stereocenters. The third-order valence-corrected chi connectivity index (χ3v) is 2.83. The lowest BCUT2D eigenvalue weighted by atomic mass is 10.1. The van der Waals surface area contributed by atoms with Gasteiger partial charge < -0.3 is 5.73 Å². The van der Waals surface area contributed by atoms with Crippen LogP contribution in [-0.2, 0) is 6.42 Å². The van der Waals surface area contributed by atoms with Gasteiger partial charge in [0.2, 0.25) is 0 Å². The van der Waals surface area contributed by atoms with Crippen LogP contribution in [0.15, 0.2) is 0 Å². The SMILES string of the molecule is Cc1nc(N)c(I)c(CC(C)C)n1. The number of aromatic nitrogens is 2. The van der Waals surface area contributed by atoms with E-state index >= 15 is 0 Å². The Morgan fingerprint density at radius 1 is 1.38 bits per heavy atom. The van der Waals surface area contributed by atoms with Crippen LogP contribution >= 0.6 is 22.6 Å². The second-order valence-corrected chi connectivity index (χ2v) is 4.59. The van der Waals surface area contributed by atoms with Crippen LogP contribution in [-0.4, -0.2) is 9.97 Å². The van der Waals surface area contributed by atoms with E-state index in [9.17, 15) is 0 Å². The van der Waals surface area contributed by atoms with Crippen molar-refractivity contribution < 1.29 is 0 Å². The van der Waals surface area contributed by atoms with Gasteiger partial charge in [0.25, 0.3) is 0 Å². The predicted octanol–water partition coefficient (Wildman–Crippen LogP) is 2.17. The maximum atomic E-state index is 5.74. The van der Waals surface area contributed by atoms with Crippen molar-refractivity contribution in [2.24, 2.45) is 5.92 Å². The molecule has 1 rings (SSSR count). The largest absolute Gasteiger partial charge is 0.383 e. The van der Waals surface area contributed by atoms with Gasteiger partial charge in [0.1, 0.15) is 11.6 Å². The van der Waals surface area contributed by atoms with E-state index in [0.29, 0.717) is 11.7 Å². The van der Waals surface area contributed by atoms with E-state index in [2.05, 4.69) is 46.4 Å². The zero-order valence-corrected chi connectivity index (χ0v) is 10.3. The maximum absolute atomic E-state index is 5.74. The number of nitrogens with zero attached hydrogens (tertiary/aromatic N) is 2. The molecule has 0 fully saturated rings. The van der Waals surface area contributed by atoms with Crippen molar-refractivity contribution in [2.45, 2.75) is 27.2 Å². The average molecular weight is 291 g/mol. The van der Waals surface area contributed by atoms with E-state index in [1.54, 1.807) is 0 Å². The normalized spacial score (nSPS) is 10.8. The minimum atomic E-state index is 0.599. The second-order valence-electron chi connectivity index (χ2n) is 3.51. The molecule has 0 saturated carbocycles. The van der Waals surface area contributed by atoms with Crippen molar-refractivity contribution in [1.82, 2.24) is 9.97 Å². The van der Waals surface area contributed by atoms with Crippen molar-refractivity contribution in [3.63, 3.8) is 0 Å². The fourth-order valence-electron chi connectivity index (χ4n) is 1.16. The summed E-state index contributed by atoms with van der Waals surface area (Å²) in [5.41, 5.74) is 6.81. The number of halogens is 1. The molecule has 1 aromatic heterocycles. The van der Waals surface area contributed by atoms with Gasteiger partial charge in [-0.2, -0.15) is 0 Å². The molecule has 0 amide bonds. The van der Waals surface area contributed by atoms with E-state index in [0.717, 1.165) is 21.5 Å². The molecule has 0 aliphatic carbocycles. The first-order valence-electron chi connectivity index (χ1n) is 4.29. The molecule has 1 aromatic rings. The van der Waals surface area contributed by atoms with Crippen molar-refractivity contribution in [3.8, 4) is 0 Å². The summed E-state index contributed by atoms with van der Waals surface area (Å²) >= 11 is 2.20. The second kappa shape index (κ2) is 4.21. The predicted molar refractivity (Wildman–Crippen MR) is 62.4 cm³/mol. The van der Waals surface area contributed by atoms with E-state index in [1.807, 2.05) is 6.92 Å². The maximum Gasteiger partial charge on any atom is 0.140 e. The Hall–Kier alpha value is -0.390. The van der Waals surface area contributed by atoms with Crippen molar-refractivity contribution in [3.05, 3.63) is 15.1 Å². The molecule has 0 radical (unpaired) electrons. The fraction of sp³-hybridized carbons (Fsp3) is 0.556. The van der Waals surface area contributed by atoms with Crippen LogP contribution < -0.4 is 5.73 Å². The van der Waals surface area contributed by atoms with Gasteiger partial charge in [0.15, 0.2) is 0 Å². The Morgan fingerprint density at radius 2 is 2.00 bits per heavy atom. The van der Waals surface area contributed by atoms with Gasteiger partial charge in [0, 0.05) is 0 Å². The molecule has 4 heteroatoms. The highest BCUT2D eigenvalue weighted by molar-refractivity contribution is 14.1. The summed E-state index contributed by atoms with van der Waals surface area (Å²) in [7, 11) is 0. The molecule has 0 bridgehead atoms. The van der Waals surface area contributed by atoms with E-state index in [4.69, 9.17) is 5.73 Å². The molecule has 0 atom stereocenters. The van der Waals surface area contributed by atoms with Crippen LogP contribution in [0.1, 0.15) is 25.4 Å². The highest BCUT2D eigenvalue weighted by Crippen LogP contribution is 2.18. The summed E-state index contributed by atoms with van der Waals surface area (Å²) in [4.78, 5) is 8.48. The number of nitrogen functional groups attached to an aromatic ring is 1. The molecule has 3 nitrogen and oxygen atoms in total. The molecule has 1 heterocycles. The van der Waals surface area contributed by atoms with Crippen molar-refractivity contribution in [1.29, 1.82) is 0 Å². The summed E-state index contributed by atoms with van der Waals surface area (Å²) in [5, 5.41) is 0. The summed E-state index contributed by atoms with van der Waals surface area (Å²) in [6, 6.07) is 0. The fourth-order valence-corrected chi connectivity index (χ4v) is 1.62. The van der Waals surface area contributed by atoms with E-state index in [1.165, 1.54) is 0 Å². The average Bonchev–Trinajstić information content (AvgIpc) is 1.98. The number of rotatable bonds is 2. The van der Waals surface area contributed by atoms with Gasteiger partial charge in [-0.05, 0) is 41.9 Å². The molecule has 0 aliphatic rings. The van der Waals surface area contributed by atoms with Crippen LogP contribution in [0.2, 0.25) is 0 Å². The third-order valence-electron chi connectivity index (χ3n) is 1.66. The van der Waals surface area contributed by atoms with Gasteiger partial charge in [-0.3, -0.25) is 0 Å². The van der Waals surface area contributed by atoms with Gasteiger partial charge >= 0.3 is 0 Å². The van der Waals surface area contributed by atoms with Crippen LogP contribution in [0.5, 0.6) is 0 Å². The summed E-state index contributed by atoms with van der Waals surface area (Å²) in [5.74, 6) is 1.96. The first-order chi connectivity index (χ1) is 6.00. The molecule has 0 aliphatic heterocycles. The number of hydrogen-bond acceptors (Lipinski definition) is 3. The number of hydrogen-bond donors (Lipinski definition) is 1. The highest BCUT2D eigenvalue weighted by atomic mass is 127. The Balaban J connectivity index is 3.05. The molecule has 2 N–H and O–H groups in total. The van der Waals surface area contributed by atoms with Gasteiger partial charge in [-0.25, -0.2) is 9.97 Å². The standard InChI is InChI=1S/C9H14IN3/c1-5(2)4-7-8(10)9(11)13-6(3)12-7/h5H,4H2,1-3H3,(H2,11,12,13). The summed E-state index contributed by atoms with van der Waals surface area (Å²) in [6.07, 6.45) is 0.964. The van der Waals surface area contributed by atoms with Crippen molar-refractivity contribution >= 4 is 28.4 Å². The minimum absolute atomic E-state index is 0.599. The van der Waals surface area contributed by atoms with Gasteiger partial charge in [-0.1, -0.05) is 13.8 Å². The zero-order chi connectivity index (χ0) is 10.0. The molecule has 72 valence electrons. The molecule has 0 aromatic carbocycles. The summed E-state index contributed by atoms with van der Waals surface area (Å²) in [6.45, 7) is 6.21. The van der Waals surface area contributed by atoms with E-state index in [-0.39, 0.29) is 0 Å². The topological polar surface area (TPSA) is 51.8 Å². The van der Waals surface area contributed by atoms with E-state index < -0.39 is 0 Å². The molecular weight excluding hydrogens is 277 g/mol. The lowest BCUT2D eigenvalue weighted by Gasteiger charge is -2.08. The highest BCUT2D eigenvalue weighted by Gasteiger charge is 2.09. The lowest BCUT2D eigenvalue weighted by Crippen LogP contribution is -2.07.